The van der Waals surface area contributed by atoms with Crippen LogP contribution in [0.3, 0.4) is 0 Å². The number of aromatic amines is 1. The number of halogens is 1. The number of morpholine rings is 1. The number of benzene rings is 2. The number of fused-ring (bicyclic) bond motifs is 1. The summed E-state index contributed by atoms with van der Waals surface area (Å²) in [4.78, 5) is 22.7. The molecule has 32 heavy (non-hydrogen) atoms. The molecule has 5 rings (SSSR count). The van der Waals surface area contributed by atoms with Crippen LogP contribution in [0.4, 0.5) is 0 Å². The third-order valence-electron chi connectivity index (χ3n) is 5.69. The molecule has 0 bridgehead atoms. The average molecular weight is 448 g/mol. The normalized spacial score (nSPS) is 16.3. The Morgan fingerprint density at radius 3 is 2.88 bits per heavy atom. The second-order valence-electron chi connectivity index (χ2n) is 7.73. The van der Waals surface area contributed by atoms with E-state index in [9.17, 15) is 4.79 Å². The molecule has 1 atom stereocenters. The number of ether oxygens (including phenoxy) is 2. The molecule has 0 aliphatic carbocycles. The van der Waals surface area contributed by atoms with E-state index in [0.29, 0.717) is 30.4 Å². The van der Waals surface area contributed by atoms with Gasteiger partial charge in [0.2, 0.25) is 0 Å². The van der Waals surface area contributed by atoms with Gasteiger partial charge in [0.25, 0.3) is 5.91 Å². The quantitative estimate of drug-likeness (QED) is 0.472. The Hall–Kier alpha value is -3.35. The third kappa shape index (κ3) is 4.07. The molecule has 3 heterocycles. The zero-order valence-corrected chi connectivity index (χ0v) is 18.3. The summed E-state index contributed by atoms with van der Waals surface area (Å²) in [5, 5.41) is 1.59. The van der Waals surface area contributed by atoms with Gasteiger partial charge in [-0.15, -0.1) is 0 Å². The number of hydrogen-bond acceptors (Lipinski definition) is 4. The number of carbonyl (C=O) groups is 1. The van der Waals surface area contributed by atoms with Gasteiger partial charge in [-0.2, -0.15) is 0 Å². The van der Waals surface area contributed by atoms with Crippen molar-refractivity contribution in [3.05, 3.63) is 83.3 Å². The minimum atomic E-state index is -0.272. The van der Waals surface area contributed by atoms with E-state index in [1.54, 1.807) is 12.0 Å². The average Bonchev–Trinajstić information content (AvgIpc) is 3.27. The summed E-state index contributed by atoms with van der Waals surface area (Å²) in [6, 6.07) is 19.2. The largest absolute Gasteiger partial charge is 0.497 e. The summed E-state index contributed by atoms with van der Waals surface area (Å²) in [7, 11) is 1.65. The van der Waals surface area contributed by atoms with Gasteiger partial charge >= 0.3 is 0 Å². The topological polar surface area (TPSA) is 67.5 Å². The number of aromatic nitrogens is 2. The van der Waals surface area contributed by atoms with Crippen molar-refractivity contribution in [1.29, 1.82) is 0 Å². The molecular formula is C25H22ClN3O3. The van der Waals surface area contributed by atoms with E-state index < -0.39 is 0 Å². The van der Waals surface area contributed by atoms with E-state index in [0.717, 1.165) is 33.5 Å². The second kappa shape index (κ2) is 8.65. The monoisotopic (exact) mass is 447 g/mol. The van der Waals surface area contributed by atoms with Crippen molar-refractivity contribution in [1.82, 2.24) is 14.9 Å². The number of rotatable bonds is 4. The van der Waals surface area contributed by atoms with Gasteiger partial charge in [-0.1, -0.05) is 35.9 Å². The van der Waals surface area contributed by atoms with Crippen molar-refractivity contribution in [3.63, 3.8) is 0 Å². The van der Waals surface area contributed by atoms with Gasteiger partial charge in [0, 0.05) is 34.2 Å². The van der Waals surface area contributed by atoms with Crippen LogP contribution in [0, 0.1) is 0 Å². The first kappa shape index (κ1) is 20.5. The first-order chi connectivity index (χ1) is 15.6. The van der Waals surface area contributed by atoms with Crippen molar-refractivity contribution in [2.24, 2.45) is 0 Å². The van der Waals surface area contributed by atoms with Crippen molar-refractivity contribution in [3.8, 4) is 16.9 Å². The molecule has 0 spiro atoms. The maximum absolute atomic E-state index is 13.1. The number of amides is 1. The maximum Gasteiger partial charge on any atom is 0.270 e. The Kier molecular flexibility index (Phi) is 5.55. The summed E-state index contributed by atoms with van der Waals surface area (Å²) < 4.78 is 11.2. The van der Waals surface area contributed by atoms with Crippen LogP contribution >= 0.6 is 11.6 Å². The summed E-state index contributed by atoms with van der Waals surface area (Å²) >= 11 is 6.06. The van der Waals surface area contributed by atoms with Gasteiger partial charge in [-0.05, 0) is 42.0 Å². The molecule has 0 saturated carbocycles. The van der Waals surface area contributed by atoms with Crippen LogP contribution in [0.2, 0.25) is 5.02 Å². The fraction of sp³-hybridized carbons (Fsp3) is 0.200. The summed E-state index contributed by atoms with van der Waals surface area (Å²) in [6.45, 7) is 1.44. The van der Waals surface area contributed by atoms with Crippen LogP contribution in [0.1, 0.15) is 22.3 Å². The van der Waals surface area contributed by atoms with Crippen molar-refractivity contribution in [2.45, 2.75) is 6.10 Å². The zero-order chi connectivity index (χ0) is 22.1. The van der Waals surface area contributed by atoms with E-state index >= 15 is 0 Å². The minimum Gasteiger partial charge on any atom is -0.497 e. The minimum absolute atomic E-state index is 0.0568. The highest BCUT2D eigenvalue weighted by Crippen LogP contribution is 2.27. The molecule has 4 aromatic rings. The van der Waals surface area contributed by atoms with E-state index in [2.05, 4.69) is 9.97 Å². The smallest absolute Gasteiger partial charge is 0.270 e. The Morgan fingerprint density at radius 2 is 2.06 bits per heavy atom. The predicted octanol–water partition coefficient (Wildman–Crippen LogP) is 5.11. The summed E-state index contributed by atoms with van der Waals surface area (Å²) in [6.07, 6.45) is 1.56. The predicted molar refractivity (Wildman–Crippen MR) is 124 cm³/mol. The zero-order valence-electron chi connectivity index (χ0n) is 17.5. The van der Waals surface area contributed by atoms with Crippen LogP contribution in [-0.2, 0) is 4.74 Å². The van der Waals surface area contributed by atoms with Gasteiger partial charge < -0.3 is 19.4 Å². The molecule has 1 aliphatic rings. The van der Waals surface area contributed by atoms with E-state index in [1.807, 2.05) is 66.9 Å². The molecule has 1 aliphatic heterocycles. The Labute approximate surface area is 190 Å². The maximum atomic E-state index is 13.1. The second-order valence-corrected chi connectivity index (χ2v) is 8.17. The Bertz CT molecular complexity index is 1270. The molecule has 0 unspecified atom stereocenters. The molecule has 0 radical (unpaired) electrons. The van der Waals surface area contributed by atoms with Crippen molar-refractivity contribution in [2.75, 3.05) is 26.8 Å². The van der Waals surface area contributed by atoms with Crippen LogP contribution in [0.5, 0.6) is 5.75 Å². The van der Waals surface area contributed by atoms with Gasteiger partial charge in [0.1, 0.15) is 17.5 Å². The number of methoxy groups -OCH3 is 1. The lowest BCUT2D eigenvalue weighted by molar-refractivity contribution is -0.0248. The molecule has 2 aromatic carbocycles. The fourth-order valence-corrected chi connectivity index (χ4v) is 4.14. The lowest BCUT2D eigenvalue weighted by Crippen LogP contribution is -2.42. The van der Waals surface area contributed by atoms with Crippen molar-refractivity contribution >= 4 is 28.4 Å². The van der Waals surface area contributed by atoms with Gasteiger partial charge in [0.15, 0.2) is 0 Å². The molecule has 1 N–H and O–H groups in total. The highest BCUT2D eigenvalue weighted by atomic mass is 35.5. The number of nitrogens with zero attached hydrogens (tertiary/aromatic N) is 2. The highest BCUT2D eigenvalue weighted by molar-refractivity contribution is 6.31. The van der Waals surface area contributed by atoms with Crippen LogP contribution in [0.25, 0.3) is 22.0 Å². The van der Waals surface area contributed by atoms with Crippen molar-refractivity contribution < 1.29 is 14.3 Å². The molecule has 1 fully saturated rings. The van der Waals surface area contributed by atoms with Gasteiger partial charge in [-0.3, -0.25) is 9.78 Å². The lowest BCUT2D eigenvalue weighted by Gasteiger charge is -2.32. The molecule has 7 heteroatoms. The van der Waals surface area contributed by atoms with Gasteiger partial charge in [-0.25, -0.2) is 0 Å². The number of hydrogen-bond donors (Lipinski definition) is 1. The molecule has 2 aromatic heterocycles. The van der Waals surface area contributed by atoms with Gasteiger partial charge in [0.05, 0.1) is 26.0 Å². The SMILES string of the molecule is COc1cccc(-c2ccc([C@@H]3CN(C(=O)c4cc5ccc(Cl)cc5[nH]4)CCO3)nc2)c1. The number of nitrogens with one attached hydrogen (secondary N) is 1. The fourth-order valence-electron chi connectivity index (χ4n) is 3.97. The van der Waals surface area contributed by atoms with Crippen LogP contribution < -0.4 is 4.74 Å². The summed E-state index contributed by atoms with van der Waals surface area (Å²) in [5.74, 6) is 0.745. The molecule has 6 nitrogen and oxygen atoms in total. The van der Waals surface area contributed by atoms with E-state index in [-0.39, 0.29) is 12.0 Å². The van der Waals surface area contributed by atoms with Crippen LogP contribution in [0.15, 0.2) is 66.9 Å². The standard InChI is InChI=1S/C25H22ClN3O3/c1-31-20-4-2-3-16(11-20)18-6-8-21(27-14-18)24-15-29(9-10-32-24)25(30)23-12-17-5-7-19(26)13-22(17)28-23/h2-8,11-14,24,28H,9-10,15H2,1H3/t24-/m0/s1. The first-order valence-electron chi connectivity index (χ1n) is 10.4. The Morgan fingerprint density at radius 1 is 1.16 bits per heavy atom. The number of H-pyrrole nitrogens is 1. The third-order valence-corrected chi connectivity index (χ3v) is 5.92. The van der Waals surface area contributed by atoms with E-state index in [4.69, 9.17) is 21.1 Å². The van der Waals surface area contributed by atoms with E-state index in [1.165, 1.54) is 0 Å². The summed E-state index contributed by atoms with van der Waals surface area (Å²) in [5.41, 5.74) is 4.22. The van der Waals surface area contributed by atoms with Crippen LogP contribution in [-0.4, -0.2) is 47.6 Å². The molecule has 162 valence electrons. The number of pyridine rings is 1. The first-order valence-corrected chi connectivity index (χ1v) is 10.8. The molecule has 1 amide bonds. The lowest BCUT2D eigenvalue weighted by atomic mass is 10.1. The number of carbonyl (C=O) groups excluding carboxylic acids is 1. The molecular weight excluding hydrogens is 426 g/mol. The highest BCUT2D eigenvalue weighted by Gasteiger charge is 2.27. The Balaban J connectivity index is 1.32. The molecule has 1 saturated heterocycles.